The molecule has 1 N–H and O–H groups in total. The lowest BCUT2D eigenvalue weighted by molar-refractivity contribution is -0.138. The second-order valence-corrected chi connectivity index (χ2v) is 5.56. The lowest BCUT2D eigenvalue weighted by atomic mass is 10.0. The third-order valence-corrected chi connectivity index (χ3v) is 3.97. The summed E-state index contributed by atoms with van der Waals surface area (Å²) in [6.07, 6.45) is 3.74. The predicted molar refractivity (Wildman–Crippen MR) is 67.3 cm³/mol. The molecule has 94 valence electrons. The molecule has 1 aromatic rings. The van der Waals surface area contributed by atoms with Crippen molar-refractivity contribution in [3.8, 4) is 0 Å². The highest BCUT2D eigenvalue weighted by Crippen LogP contribution is 2.28. The average Bonchev–Trinajstić information content (AvgIpc) is 2.73. The zero-order chi connectivity index (χ0) is 12.3. The highest BCUT2D eigenvalue weighted by molar-refractivity contribution is 7.09. The topological polar surface area (TPSA) is 53.4 Å². The zero-order valence-corrected chi connectivity index (χ0v) is 10.9. The van der Waals surface area contributed by atoms with Gasteiger partial charge in [0.15, 0.2) is 0 Å². The summed E-state index contributed by atoms with van der Waals surface area (Å²) in [6.45, 7) is 3.95. The maximum atomic E-state index is 11.0. The van der Waals surface area contributed by atoms with Crippen LogP contribution in [0.3, 0.4) is 0 Å². The normalized spacial score (nSPS) is 19.1. The Labute approximate surface area is 105 Å². The number of hydrogen-bond acceptors (Lipinski definition) is 4. The molecule has 0 saturated carbocycles. The number of aryl methyl sites for hydroxylation is 1. The molecule has 2 heterocycles. The molecule has 1 atom stereocenters. The van der Waals surface area contributed by atoms with Crippen LogP contribution in [-0.2, 0) is 4.79 Å². The van der Waals surface area contributed by atoms with E-state index >= 15 is 0 Å². The number of piperidine rings is 1. The summed E-state index contributed by atoms with van der Waals surface area (Å²) < 4.78 is 0. The van der Waals surface area contributed by atoms with Crippen molar-refractivity contribution < 1.29 is 9.90 Å². The van der Waals surface area contributed by atoms with Gasteiger partial charge in [-0.25, -0.2) is 4.98 Å². The Morgan fingerprint density at radius 2 is 2.24 bits per heavy atom. The van der Waals surface area contributed by atoms with Gasteiger partial charge in [-0.15, -0.1) is 11.3 Å². The standard InChI is InChI=1S/C12H18N2O2S/c1-9-13-10(8-17-9)11(7-12(15)16)14-5-3-2-4-6-14/h8,11H,2-7H2,1H3,(H,15,16). The van der Waals surface area contributed by atoms with Crippen LogP contribution in [0, 0.1) is 6.92 Å². The van der Waals surface area contributed by atoms with Gasteiger partial charge >= 0.3 is 5.97 Å². The molecule has 0 aromatic carbocycles. The maximum Gasteiger partial charge on any atom is 0.305 e. The minimum Gasteiger partial charge on any atom is -0.481 e. The Balaban J connectivity index is 2.14. The van der Waals surface area contributed by atoms with Crippen molar-refractivity contribution in [2.45, 2.75) is 38.6 Å². The molecular weight excluding hydrogens is 236 g/mol. The number of carboxylic acid groups (broad SMARTS) is 1. The molecule has 0 radical (unpaired) electrons. The molecule has 1 aliphatic heterocycles. The van der Waals surface area contributed by atoms with Gasteiger partial charge in [-0.2, -0.15) is 0 Å². The third-order valence-electron chi connectivity index (χ3n) is 3.18. The van der Waals surface area contributed by atoms with E-state index in [1.54, 1.807) is 11.3 Å². The van der Waals surface area contributed by atoms with E-state index in [1.807, 2.05) is 12.3 Å². The highest BCUT2D eigenvalue weighted by Gasteiger charge is 2.26. The van der Waals surface area contributed by atoms with Crippen LogP contribution in [0.4, 0.5) is 0 Å². The van der Waals surface area contributed by atoms with Gasteiger partial charge in [0.1, 0.15) is 0 Å². The van der Waals surface area contributed by atoms with Crippen molar-refractivity contribution >= 4 is 17.3 Å². The third kappa shape index (κ3) is 3.26. The zero-order valence-electron chi connectivity index (χ0n) is 10.1. The van der Waals surface area contributed by atoms with Crippen LogP contribution in [0.25, 0.3) is 0 Å². The summed E-state index contributed by atoms with van der Waals surface area (Å²) in [5.41, 5.74) is 0.928. The second-order valence-electron chi connectivity index (χ2n) is 4.50. The number of carbonyl (C=O) groups is 1. The number of likely N-dealkylation sites (tertiary alicyclic amines) is 1. The predicted octanol–water partition coefficient (Wildman–Crippen LogP) is 2.45. The largest absolute Gasteiger partial charge is 0.481 e. The SMILES string of the molecule is Cc1nc(C(CC(=O)O)N2CCCCC2)cs1. The number of nitrogens with zero attached hydrogens (tertiary/aromatic N) is 2. The van der Waals surface area contributed by atoms with E-state index in [0.29, 0.717) is 0 Å². The minimum absolute atomic E-state index is 0.0438. The Kier molecular flexibility index (Phi) is 4.12. The molecule has 1 unspecified atom stereocenters. The molecule has 1 aliphatic rings. The van der Waals surface area contributed by atoms with Crippen LogP contribution < -0.4 is 0 Å². The molecule has 0 spiro atoms. The van der Waals surface area contributed by atoms with E-state index in [2.05, 4.69) is 9.88 Å². The fraction of sp³-hybridized carbons (Fsp3) is 0.667. The molecule has 0 amide bonds. The number of aromatic nitrogens is 1. The van der Waals surface area contributed by atoms with Gasteiger partial charge < -0.3 is 5.11 Å². The Morgan fingerprint density at radius 1 is 1.53 bits per heavy atom. The summed E-state index contributed by atoms with van der Waals surface area (Å²) in [6, 6.07) is -0.0438. The van der Waals surface area contributed by atoms with Gasteiger partial charge in [-0.05, 0) is 32.9 Å². The summed E-state index contributed by atoms with van der Waals surface area (Å²) in [5, 5.41) is 12.0. The summed E-state index contributed by atoms with van der Waals surface area (Å²) in [7, 11) is 0. The first-order valence-corrected chi connectivity index (χ1v) is 6.92. The van der Waals surface area contributed by atoms with Crippen molar-refractivity contribution in [3.05, 3.63) is 16.1 Å². The van der Waals surface area contributed by atoms with E-state index in [4.69, 9.17) is 5.11 Å². The Bertz CT molecular complexity index is 386. The summed E-state index contributed by atoms with van der Waals surface area (Å²) >= 11 is 1.59. The fourth-order valence-corrected chi connectivity index (χ4v) is 3.01. The number of carboxylic acids is 1. The first-order chi connectivity index (χ1) is 8.16. The second kappa shape index (κ2) is 5.60. The average molecular weight is 254 g/mol. The van der Waals surface area contributed by atoms with Crippen LogP contribution in [0.2, 0.25) is 0 Å². The summed E-state index contributed by atoms with van der Waals surface area (Å²) in [5.74, 6) is -0.744. The fourth-order valence-electron chi connectivity index (χ4n) is 2.35. The molecule has 0 bridgehead atoms. The number of aliphatic carboxylic acids is 1. The molecule has 1 saturated heterocycles. The summed E-state index contributed by atoms with van der Waals surface area (Å²) in [4.78, 5) is 17.7. The van der Waals surface area contributed by atoms with Crippen LogP contribution >= 0.6 is 11.3 Å². The molecular formula is C12H18N2O2S. The smallest absolute Gasteiger partial charge is 0.305 e. The Morgan fingerprint density at radius 3 is 2.76 bits per heavy atom. The number of thiazole rings is 1. The quantitative estimate of drug-likeness (QED) is 0.896. The highest BCUT2D eigenvalue weighted by atomic mass is 32.1. The van der Waals surface area contributed by atoms with Crippen molar-refractivity contribution in [1.29, 1.82) is 0 Å². The Hall–Kier alpha value is -0.940. The van der Waals surface area contributed by atoms with E-state index in [1.165, 1.54) is 19.3 Å². The van der Waals surface area contributed by atoms with Gasteiger partial charge in [-0.3, -0.25) is 9.69 Å². The van der Waals surface area contributed by atoms with Crippen molar-refractivity contribution in [1.82, 2.24) is 9.88 Å². The van der Waals surface area contributed by atoms with Gasteiger partial charge in [-0.1, -0.05) is 6.42 Å². The van der Waals surface area contributed by atoms with Gasteiger partial charge in [0.2, 0.25) is 0 Å². The minimum atomic E-state index is -0.744. The van der Waals surface area contributed by atoms with Crippen molar-refractivity contribution in [3.63, 3.8) is 0 Å². The van der Waals surface area contributed by atoms with Gasteiger partial charge in [0.05, 0.1) is 23.2 Å². The van der Waals surface area contributed by atoms with Crippen molar-refractivity contribution in [2.75, 3.05) is 13.1 Å². The maximum absolute atomic E-state index is 11.0. The van der Waals surface area contributed by atoms with Crippen LogP contribution in [-0.4, -0.2) is 34.0 Å². The van der Waals surface area contributed by atoms with Crippen LogP contribution in [0.5, 0.6) is 0 Å². The lowest BCUT2D eigenvalue weighted by Gasteiger charge is -2.32. The molecule has 1 fully saturated rings. The van der Waals surface area contributed by atoms with Crippen molar-refractivity contribution in [2.24, 2.45) is 0 Å². The number of rotatable bonds is 4. The first-order valence-electron chi connectivity index (χ1n) is 6.04. The molecule has 5 heteroatoms. The molecule has 17 heavy (non-hydrogen) atoms. The molecule has 0 aliphatic carbocycles. The van der Waals surface area contributed by atoms with Gasteiger partial charge in [0, 0.05) is 5.38 Å². The first kappa shape index (κ1) is 12.5. The lowest BCUT2D eigenvalue weighted by Crippen LogP contribution is -2.35. The monoisotopic (exact) mass is 254 g/mol. The van der Waals surface area contributed by atoms with Crippen LogP contribution in [0.1, 0.15) is 42.4 Å². The van der Waals surface area contributed by atoms with Gasteiger partial charge in [0.25, 0.3) is 0 Å². The van der Waals surface area contributed by atoms with E-state index in [-0.39, 0.29) is 12.5 Å². The van der Waals surface area contributed by atoms with E-state index < -0.39 is 5.97 Å². The van der Waals surface area contributed by atoms with Crippen LogP contribution in [0.15, 0.2) is 5.38 Å². The molecule has 1 aromatic heterocycles. The number of hydrogen-bond donors (Lipinski definition) is 1. The van der Waals surface area contributed by atoms with E-state index in [9.17, 15) is 4.79 Å². The molecule has 4 nitrogen and oxygen atoms in total. The van der Waals surface area contributed by atoms with E-state index in [0.717, 1.165) is 23.8 Å². The molecule has 2 rings (SSSR count).